The molecule has 0 unspecified atom stereocenters. The van der Waals surface area contributed by atoms with Crippen molar-refractivity contribution in [3.63, 3.8) is 0 Å². The predicted molar refractivity (Wildman–Crippen MR) is 68.7 cm³/mol. The molecule has 0 amide bonds. The number of aromatic nitrogens is 2. The summed E-state index contributed by atoms with van der Waals surface area (Å²) in [4.78, 5) is 8.36. The third kappa shape index (κ3) is 2.45. The van der Waals surface area contributed by atoms with E-state index in [1.807, 2.05) is 26.0 Å². The number of hydrogen-bond donors (Lipinski definition) is 3. The number of aliphatic hydroxyl groups excluding tert-OH is 1. The molecular formula is C12H16N4O. The first-order chi connectivity index (χ1) is 8.02. The number of nitrogens with zero attached hydrogens (tertiary/aromatic N) is 2. The van der Waals surface area contributed by atoms with E-state index in [-0.39, 0.29) is 6.61 Å². The van der Waals surface area contributed by atoms with Gasteiger partial charge in [0, 0.05) is 11.1 Å². The second kappa shape index (κ2) is 4.18. The van der Waals surface area contributed by atoms with E-state index >= 15 is 0 Å². The monoisotopic (exact) mass is 232 g/mol. The lowest BCUT2D eigenvalue weighted by molar-refractivity contribution is 0.234. The van der Waals surface area contributed by atoms with Crippen LogP contribution in [0.2, 0.25) is 0 Å². The second-order valence-corrected chi connectivity index (χ2v) is 4.67. The van der Waals surface area contributed by atoms with Gasteiger partial charge in [-0.1, -0.05) is 0 Å². The van der Waals surface area contributed by atoms with Gasteiger partial charge in [0.25, 0.3) is 0 Å². The number of anilines is 2. The van der Waals surface area contributed by atoms with Crippen molar-refractivity contribution in [1.29, 1.82) is 0 Å². The minimum absolute atomic E-state index is 0.0213. The van der Waals surface area contributed by atoms with Crippen molar-refractivity contribution in [2.45, 2.75) is 19.4 Å². The van der Waals surface area contributed by atoms with Gasteiger partial charge in [0.05, 0.1) is 17.7 Å². The van der Waals surface area contributed by atoms with Crippen LogP contribution in [0.5, 0.6) is 0 Å². The SMILES string of the molecule is CC(C)(CO)Nc1ncnc2cc(N)ccc12. The lowest BCUT2D eigenvalue weighted by atomic mass is 10.1. The summed E-state index contributed by atoms with van der Waals surface area (Å²) < 4.78 is 0. The van der Waals surface area contributed by atoms with E-state index in [2.05, 4.69) is 15.3 Å². The summed E-state index contributed by atoms with van der Waals surface area (Å²) >= 11 is 0. The second-order valence-electron chi connectivity index (χ2n) is 4.67. The molecule has 0 bridgehead atoms. The zero-order chi connectivity index (χ0) is 12.5. The zero-order valence-corrected chi connectivity index (χ0v) is 9.94. The number of nitrogens with two attached hydrogens (primary N) is 1. The Bertz CT molecular complexity index is 539. The van der Waals surface area contributed by atoms with Crippen molar-refractivity contribution >= 4 is 22.4 Å². The first kappa shape index (κ1) is 11.6. The summed E-state index contributed by atoms with van der Waals surface area (Å²) in [5.41, 5.74) is 6.74. The highest BCUT2D eigenvalue weighted by Gasteiger charge is 2.17. The number of hydrogen-bond acceptors (Lipinski definition) is 5. The van der Waals surface area contributed by atoms with E-state index in [4.69, 9.17) is 5.73 Å². The highest BCUT2D eigenvalue weighted by atomic mass is 16.3. The molecule has 0 atom stereocenters. The third-order valence-electron chi connectivity index (χ3n) is 2.51. The Morgan fingerprint density at radius 1 is 1.35 bits per heavy atom. The van der Waals surface area contributed by atoms with Gasteiger partial charge in [-0.15, -0.1) is 0 Å². The van der Waals surface area contributed by atoms with Gasteiger partial charge < -0.3 is 16.2 Å². The molecule has 4 N–H and O–H groups in total. The van der Waals surface area contributed by atoms with Crippen LogP contribution in [0.25, 0.3) is 10.9 Å². The van der Waals surface area contributed by atoms with E-state index in [1.165, 1.54) is 6.33 Å². The molecule has 5 heteroatoms. The lowest BCUT2D eigenvalue weighted by Gasteiger charge is -2.24. The average molecular weight is 232 g/mol. The molecule has 17 heavy (non-hydrogen) atoms. The fraction of sp³-hybridized carbons (Fsp3) is 0.333. The van der Waals surface area contributed by atoms with E-state index in [0.717, 1.165) is 10.9 Å². The highest BCUT2D eigenvalue weighted by Crippen LogP contribution is 2.23. The maximum absolute atomic E-state index is 9.25. The number of nitrogens with one attached hydrogen (secondary N) is 1. The van der Waals surface area contributed by atoms with Gasteiger partial charge in [0.1, 0.15) is 12.1 Å². The molecule has 0 saturated carbocycles. The van der Waals surface area contributed by atoms with Crippen LogP contribution in [0, 0.1) is 0 Å². The van der Waals surface area contributed by atoms with Crippen LogP contribution >= 0.6 is 0 Å². The van der Waals surface area contributed by atoms with E-state index in [1.54, 1.807) is 6.07 Å². The van der Waals surface area contributed by atoms with Crippen LogP contribution in [0.3, 0.4) is 0 Å². The van der Waals surface area contributed by atoms with Crippen LogP contribution < -0.4 is 11.1 Å². The summed E-state index contributed by atoms with van der Waals surface area (Å²) in [5, 5.41) is 13.3. The van der Waals surface area contributed by atoms with Crippen LogP contribution in [0.1, 0.15) is 13.8 Å². The fourth-order valence-corrected chi connectivity index (χ4v) is 1.53. The molecule has 90 valence electrons. The molecule has 0 fully saturated rings. The Hall–Kier alpha value is -1.88. The van der Waals surface area contributed by atoms with Gasteiger partial charge >= 0.3 is 0 Å². The molecule has 2 rings (SSSR count). The Morgan fingerprint density at radius 3 is 2.82 bits per heavy atom. The first-order valence-electron chi connectivity index (χ1n) is 5.41. The molecule has 0 aliphatic heterocycles. The smallest absolute Gasteiger partial charge is 0.137 e. The number of rotatable bonds is 3. The standard InChI is InChI=1S/C12H16N4O/c1-12(2,6-17)16-11-9-4-3-8(13)5-10(9)14-7-15-11/h3-5,7,17H,6,13H2,1-2H3,(H,14,15,16). The first-order valence-corrected chi connectivity index (χ1v) is 5.41. The molecule has 5 nitrogen and oxygen atoms in total. The molecule has 0 radical (unpaired) electrons. The van der Waals surface area contributed by atoms with Gasteiger partial charge in [-0.25, -0.2) is 9.97 Å². The lowest BCUT2D eigenvalue weighted by Crippen LogP contribution is -2.35. The third-order valence-corrected chi connectivity index (χ3v) is 2.51. The molecule has 0 spiro atoms. The van der Waals surface area contributed by atoms with Crippen LogP contribution in [0.4, 0.5) is 11.5 Å². The summed E-state index contributed by atoms with van der Waals surface area (Å²) in [6.07, 6.45) is 1.48. The number of aliphatic hydroxyl groups is 1. The molecule has 0 saturated heterocycles. The quantitative estimate of drug-likeness (QED) is 0.696. The minimum atomic E-state index is -0.428. The Kier molecular flexibility index (Phi) is 2.85. The van der Waals surface area contributed by atoms with Gasteiger partial charge in [0.2, 0.25) is 0 Å². The summed E-state index contributed by atoms with van der Waals surface area (Å²) in [5.74, 6) is 0.703. The maximum atomic E-state index is 9.25. The van der Waals surface area contributed by atoms with Gasteiger partial charge in [-0.2, -0.15) is 0 Å². The summed E-state index contributed by atoms with van der Waals surface area (Å²) in [6.45, 7) is 3.82. The number of benzene rings is 1. The van der Waals surface area contributed by atoms with Gasteiger partial charge in [-0.3, -0.25) is 0 Å². The molecule has 1 aromatic heterocycles. The summed E-state index contributed by atoms with van der Waals surface area (Å²) in [7, 11) is 0. The number of fused-ring (bicyclic) bond motifs is 1. The summed E-state index contributed by atoms with van der Waals surface area (Å²) in [6, 6.07) is 5.48. The van der Waals surface area contributed by atoms with Crippen molar-refractivity contribution in [1.82, 2.24) is 9.97 Å². The zero-order valence-electron chi connectivity index (χ0n) is 9.94. The van der Waals surface area contributed by atoms with E-state index < -0.39 is 5.54 Å². The average Bonchev–Trinajstić information content (AvgIpc) is 2.28. The molecule has 0 aliphatic carbocycles. The van der Waals surface area contributed by atoms with Crippen LogP contribution in [-0.4, -0.2) is 27.2 Å². The van der Waals surface area contributed by atoms with Crippen molar-refractivity contribution in [2.24, 2.45) is 0 Å². The normalized spacial score (nSPS) is 11.7. The highest BCUT2D eigenvalue weighted by molar-refractivity contribution is 5.90. The van der Waals surface area contributed by atoms with Crippen molar-refractivity contribution < 1.29 is 5.11 Å². The number of nitrogen functional groups attached to an aromatic ring is 1. The van der Waals surface area contributed by atoms with Crippen molar-refractivity contribution in [3.8, 4) is 0 Å². The van der Waals surface area contributed by atoms with Crippen LogP contribution in [-0.2, 0) is 0 Å². The van der Waals surface area contributed by atoms with E-state index in [9.17, 15) is 5.11 Å². The molecule has 1 heterocycles. The minimum Gasteiger partial charge on any atom is -0.399 e. The predicted octanol–water partition coefficient (Wildman–Crippen LogP) is 1.39. The van der Waals surface area contributed by atoms with Gasteiger partial charge in [-0.05, 0) is 32.0 Å². The van der Waals surface area contributed by atoms with Crippen LogP contribution in [0.15, 0.2) is 24.5 Å². The van der Waals surface area contributed by atoms with Crippen molar-refractivity contribution in [2.75, 3.05) is 17.7 Å². The molecular weight excluding hydrogens is 216 g/mol. The fourth-order valence-electron chi connectivity index (χ4n) is 1.53. The van der Waals surface area contributed by atoms with E-state index in [0.29, 0.717) is 11.5 Å². The molecule has 0 aliphatic rings. The molecule has 1 aromatic carbocycles. The Labute approximate surface area is 99.7 Å². The Balaban J connectivity index is 2.48. The maximum Gasteiger partial charge on any atom is 0.137 e. The van der Waals surface area contributed by atoms with Gasteiger partial charge in [0.15, 0.2) is 0 Å². The molecule has 2 aromatic rings. The Morgan fingerprint density at radius 2 is 2.12 bits per heavy atom. The largest absolute Gasteiger partial charge is 0.399 e. The van der Waals surface area contributed by atoms with Crippen molar-refractivity contribution in [3.05, 3.63) is 24.5 Å². The topological polar surface area (TPSA) is 84.1 Å².